The second kappa shape index (κ2) is 4.91. The summed E-state index contributed by atoms with van der Waals surface area (Å²) >= 11 is 0. The van der Waals surface area contributed by atoms with Gasteiger partial charge in [0.1, 0.15) is 0 Å². The maximum absolute atomic E-state index is 13.0. The second-order valence-corrected chi connectivity index (χ2v) is 7.20. The van der Waals surface area contributed by atoms with Crippen molar-refractivity contribution in [2.45, 2.75) is 39.7 Å². The van der Waals surface area contributed by atoms with Crippen LogP contribution in [0.3, 0.4) is 0 Å². The smallest absolute Gasteiger partial charge is 0.278 e. The molecule has 7 nitrogen and oxygen atoms in total. The molecule has 128 valence electrons. The van der Waals surface area contributed by atoms with E-state index >= 15 is 0 Å². The van der Waals surface area contributed by atoms with Crippen LogP contribution in [-0.2, 0) is 17.8 Å². The van der Waals surface area contributed by atoms with Crippen LogP contribution >= 0.6 is 0 Å². The Balaban J connectivity index is 1.70. The molecule has 1 fully saturated rings. The summed E-state index contributed by atoms with van der Waals surface area (Å²) in [5.41, 5.74) is 4.57. The predicted molar refractivity (Wildman–Crippen MR) is 92.4 cm³/mol. The Morgan fingerprint density at radius 3 is 2.84 bits per heavy atom. The van der Waals surface area contributed by atoms with Gasteiger partial charge in [-0.25, -0.2) is 9.97 Å². The predicted octanol–water partition coefficient (Wildman–Crippen LogP) is 1.48. The monoisotopic (exact) mass is 337 g/mol. The summed E-state index contributed by atoms with van der Waals surface area (Å²) < 4.78 is 1.48. The molecule has 0 saturated heterocycles. The standard InChI is InChI=1S/C18H19N5O2/c1-9-7-10(2)19-15-14(9)16-20-13-5-6-22(17(24)11-3-4-11)8-12(13)18(25)23(16)21-15/h7,11H,3-6,8H2,1-2H3,(H,19,21). The average molecular weight is 337 g/mol. The van der Waals surface area contributed by atoms with Crippen LogP contribution in [0.15, 0.2) is 10.9 Å². The number of nitrogens with zero attached hydrogens (tertiary/aromatic N) is 4. The number of H-pyrrole nitrogens is 1. The lowest BCUT2D eigenvalue weighted by molar-refractivity contribution is -0.133. The molecule has 1 N–H and O–H groups in total. The third kappa shape index (κ3) is 2.11. The number of aryl methyl sites for hydroxylation is 2. The first-order valence-electron chi connectivity index (χ1n) is 8.72. The van der Waals surface area contributed by atoms with Crippen molar-refractivity contribution in [1.29, 1.82) is 0 Å². The van der Waals surface area contributed by atoms with Crippen molar-refractivity contribution in [3.63, 3.8) is 0 Å². The summed E-state index contributed by atoms with van der Waals surface area (Å²) in [4.78, 5) is 36.4. The topological polar surface area (TPSA) is 83.4 Å². The molecule has 3 aromatic rings. The molecule has 1 aliphatic heterocycles. The molecule has 0 unspecified atom stereocenters. The maximum Gasteiger partial charge on any atom is 0.278 e. The van der Waals surface area contributed by atoms with Gasteiger partial charge in [0.05, 0.1) is 23.2 Å². The summed E-state index contributed by atoms with van der Waals surface area (Å²) in [6.07, 6.45) is 2.58. The number of carbonyl (C=O) groups excluding carboxylic acids is 1. The maximum atomic E-state index is 13.0. The Labute approximate surface area is 143 Å². The third-order valence-electron chi connectivity index (χ3n) is 5.25. The van der Waals surface area contributed by atoms with E-state index in [-0.39, 0.29) is 17.4 Å². The molecule has 0 spiro atoms. The second-order valence-electron chi connectivity index (χ2n) is 7.20. The van der Waals surface area contributed by atoms with Gasteiger partial charge in [-0.2, -0.15) is 4.52 Å². The van der Waals surface area contributed by atoms with E-state index in [0.29, 0.717) is 36.4 Å². The van der Waals surface area contributed by atoms with Crippen molar-refractivity contribution < 1.29 is 4.79 Å². The summed E-state index contributed by atoms with van der Waals surface area (Å²) in [6, 6.07) is 2.00. The fourth-order valence-electron chi connectivity index (χ4n) is 3.83. The number of hydrogen-bond acceptors (Lipinski definition) is 4. The lowest BCUT2D eigenvalue weighted by Gasteiger charge is -2.27. The molecule has 7 heteroatoms. The Hall–Kier alpha value is -2.70. The minimum atomic E-state index is -0.122. The lowest BCUT2D eigenvalue weighted by Crippen LogP contribution is -2.40. The SMILES string of the molecule is Cc1cc(C)c2c(n1)[nH]n1c(=O)c3c(nc21)CCN(C(=O)C1CC1)C3. The van der Waals surface area contributed by atoms with Crippen LogP contribution in [0.5, 0.6) is 0 Å². The Kier molecular flexibility index (Phi) is 2.87. The van der Waals surface area contributed by atoms with E-state index in [0.717, 1.165) is 35.2 Å². The zero-order valence-electron chi connectivity index (χ0n) is 14.3. The summed E-state index contributed by atoms with van der Waals surface area (Å²) in [6.45, 7) is 4.94. The Morgan fingerprint density at radius 2 is 2.08 bits per heavy atom. The molecule has 1 saturated carbocycles. The number of nitrogens with one attached hydrogen (secondary N) is 1. The normalized spacial score (nSPS) is 17.3. The summed E-state index contributed by atoms with van der Waals surface area (Å²) in [5, 5.41) is 3.98. The van der Waals surface area contributed by atoms with E-state index in [1.54, 1.807) is 0 Å². The molecule has 4 heterocycles. The van der Waals surface area contributed by atoms with Gasteiger partial charge in [-0.05, 0) is 38.3 Å². The number of aromatic nitrogens is 4. The van der Waals surface area contributed by atoms with E-state index in [1.807, 2.05) is 24.8 Å². The first-order chi connectivity index (χ1) is 12.0. The third-order valence-corrected chi connectivity index (χ3v) is 5.25. The first kappa shape index (κ1) is 14.6. The van der Waals surface area contributed by atoms with Crippen molar-refractivity contribution in [3.8, 4) is 0 Å². The van der Waals surface area contributed by atoms with Crippen molar-refractivity contribution in [2.75, 3.05) is 6.54 Å². The van der Waals surface area contributed by atoms with Gasteiger partial charge in [-0.1, -0.05) is 0 Å². The van der Waals surface area contributed by atoms with Gasteiger partial charge < -0.3 is 4.90 Å². The molecule has 1 aliphatic carbocycles. The molecule has 3 aromatic heterocycles. The number of carbonyl (C=O) groups is 1. The lowest BCUT2D eigenvalue weighted by atomic mass is 10.1. The van der Waals surface area contributed by atoms with E-state index in [9.17, 15) is 9.59 Å². The van der Waals surface area contributed by atoms with Gasteiger partial charge in [0.2, 0.25) is 5.91 Å². The highest BCUT2D eigenvalue weighted by atomic mass is 16.2. The zero-order chi connectivity index (χ0) is 17.3. The molecule has 2 aliphatic rings. The number of rotatable bonds is 1. The van der Waals surface area contributed by atoms with Crippen LogP contribution in [0, 0.1) is 19.8 Å². The molecule has 0 bridgehead atoms. The molecular weight excluding hydrogens is 318 g/mol. The molecule has 5 rings (SSSR count). The van der Waals surface area contributed by atoms with E-state index in [4.69, 9.17) is 4.98 Å². The Bertz CT molecular complexity index is 1110. The minimum Gasteiger partial charge on any atom is -0.337 e. The molecule has 0 aromatic carbocycles. The first-order valence-corrected chi connectivity index (χ1v) is 8.72. The number of amides is 1. The van der Waals surface area contributed by atoms with Crippen LogP contribution in [0.4, 0.5) is 0 Å². The molecule has 1 amide bonds. The molecular formula is C18H19N5O2. The van der Waals surface area contributed by atoms with Gasteiger partial charge in [-0.15, -0.1) is 0 Å². The van der Waals surface area contributed by atoms with Crippen molar-refractivity contribution >= 4 is 22.6 Å². The molecule has 25 heavy (non-hydrogen) atoms. The summed E-state index contributed by atoms with van der Waals surface area (Å²) in [5.74, 6) is 0.351. The van der Waals surface area contributed by atoms with Crippen LogP contribution in [-0.4, -0.2) is 36.9 Å². The van der Waals surface area contributed by atoms with Gasteiger partial charge in [-0.3, -0.25) is 14.7 Å². The van der Waals surface area contributed by atoms with E-state index < -0.39 is 0 Å². The quantitative estimate of drug-likeness (QED) is 0.729. The number of pyridine rings is 1. The van der Waals surface area contributed by atoms with Gasteiger partial charge >= 0.3 is 0 Å². The van der Waals surface area contributed by atoms with Crippen LogP contribution in [0.25, 0.3) is 16.7 Å². The van der Waals surface area contributed by atoms with Crippen LogP contribution < -0.4 is 5.56 Å². The van der Waals surface area contributed by atoms with E-state index in [2.05, 4.69) is 10.1 Å². The molecule has 0 radical (unpaired) electrons. The summed E-state index contributed by atoms with van der Waals surface area (Å²) in [7, 11) is 0. The fourth-order valence-corrected chi connectivity index (χ4v) is 3.83. The van der Waals surface area contributed by atoms with Crippen LogP contribution in [0.2, 0.25) is 0 Å². The largest absolute Gasteiger partial charge is 0.337 e. The molecule has 0 atom stereocenters. The van der Waals surface area contributed by atoms with Crippen molar-refractivity contribution in [3.05, 3.63) is 38.9 Å². The van der Waals surface area contributed by atoms with E-state index in [1.165, 1.54) is 4.52 Å². The van der Waals surface area contributed by atoms with Crippen LogP contribution in [0.1, 0.15) is 35.4 Å². The number of fused-ring (bicyclic) bond motifs is 4. The van der Waals surface area contributed by atoms with Gasteiger partial charge in [0, 0.05) is 24.6 Å². The fraction of sp³-hybridized carbons (Fsp3) is 0.444. The average Bonchev–Trinajstić information content (AvgIpc) is 3.36. The van der Waals surface area contributed by atoms with Gasteiger partial charge in [0.25, 0.3) is 5.56 Å². The Morgan fingerprint density at radius 1 is 1.28 bits per heavy atom. The minimum absolute atomic E-state index is 0.122. The zero-order valence-corrected chi connectivity index (χ0v) is 14.3. The van der Waals surface area contributed by atoms with Crippen molar-refractivity contribution in [2.24, 2.45) is 5.92 Å². The highest BCUT2D eigenvalue weighted by Gasteiger charge is 2.35. The highest BCUT2D eigenvalue weighted by Crippen LogP contribution is 2.32. The van der Waals surface area contributed by atoms with Crippen molar-refractivity contribution in [1.82, 2.24) is 24.5 Å². The number of aromatic amines is 1. The number of hydrogen-bond donors (Lipinski definition) is 1. The highest BCUT2D eigenvalue weighted by molar-refractivity contribution is 5.92. The van der Waals surface area contributed by atoms with Gasteiger partial charge in [0.15, 0.2) is 11.3 Å².